The number of ether oxygens (including phenoxy) is 3. The first kappa shape index (κ1) is 18.1. The van der Waals surface area contributed by atoms with Crippen LogP contribution >= 0.6 is 12.2 Å². The molecule has 2 aliphatic rings. The van der Waals surface area contributed by atoms with E-state index in [1.807, 2.05) is 24.0 Å². The van der Waals surface area contributed by atoms with Gasteiger partial charge in [-0.25, -0.2) is 0 Å². The average Bonchev–Trinajstić information content (AvgIpc) is 3.31. The number of benzene rings is 1. The molecular weight excluding hydrogens is 366 g/mol. The number of hydrogen-bond acceptors (Lipinski definition) is 5. The summed E-state index contributed by atoms with van der Waals surface area (Å²) in [6.45, 7) is 4.82. The highest BCUT2D eigenvalue weighted by atomic mass is 32.1. The summed E-state index contributed by atoms with van der Waals surface area (Å²) < 4.78 is 16.6. The van der Waals surface area contributed by atoms with Crippen molar-refractivity contribution in [2.75, 3.05) is 26.5 Å². The normalized spacial score (nSPS) is 18.0. The SMILES string of the molecule is CCNC(=S)N(Cc1cc2cc3c(cc2[nH]c1=O)OCO3)C[C@H]1CCCO1. The van der Waals surface area contributed by atoms with Crippen molar-refractivity contribution in [3.63, 3.8) is 0 Å². The van der Waals surface area contributed by atoms with E-state index in [0.717, 1.165) is 36.9 Å². The maximum atomic E-state index is 12.6. The van der Waals surface area contributed by atoms with E-state index in [1.54, 1.807) is 6.07 Å². The molecule has 0 amide bonds. The molecule has 1 saturated heterocycles. The van der Waals surface area contributed by atoms with E-state index in [4.69, 9.17) is 26.4 Å². The highest BCUT2D eigenvalue weighted by Crippen LogP contribution is 2.35. The molecule has 0 saturated carbocycles. The van der Waals surface area contributed by atoms with Crippen LogP contribution < -0.4 is 20.3 Å². The Labute approximate surface area is 162 Å². The summed E-state index contributed by atoms with van der Waals surface area (Å²) in [6, 6.07) is 5.59. The van der Waals surface area contributed by atoms with E-state index in [2.05, 4.69) is 10.3 Å². The van der Waals surface area contributed by atoms with E-state index < -0.39 is 0 Å². The molecule has 0 aliphatic carbocycles. The molecule has 0 spiro atoms. The lowest BCUT2D eigenvalue weighted by Gasteiger charge is -2.28. The fraction of sp³-hybridized carbons (Fsp3) is 0.474. The molecule has 0 bridgehead atoms. The Morgan fingerprint density at radius 3 is 2.89 bits per heavy atom. The minimum absolute atomic E-state index is 0.127. The molecule has 2 N–H and O–H groups in total. The topological polar surface area (TPSA) is 75.8 Å². The second-order valence-corrected chi connectivity index (χ2v) is 7.15. The fourth-order valence-electron chi connectivity index (χ4n) is 3.48. The Bertz CT molecular complexity index is 908. The van der Waals surface area contributed by atoms with Gasteiger partial charge in [0.25, 0.3) is 5.56 Å². The number of fused-ring (bicyclic) bond motifs is 2. The van der Waals surface area contributed by atoms with Gasteiger partial charge in [0.2, 0.25) is 6.79 Å². The molecule has 3 heterocycles. The van der Waals surface area contributed by atoms with E-state index in [-0.39, 0.29) is 18.5 Å². The third-order valence-corrected chi connectivity index (χ3v) is 5.24. The van der Waals surface area contributed by atoms with Crippen molar-refractivity contribution in [1.82, 2.24) is 15.2 Å². The van der Waals surface area contributed by atoms with Crippen molar-refractivity contribution >= 4 is 28.2 Å². The lowest BCUT2D eigenvalue weighted by molar-refractivity contribution is 0.0897. The molecular formula is C19H23N3O4S. The molecule has 8 heteroatoms. The van der Waals surface area contributed by atoms with Gasteiger partial charge in [0, 0.05) is 36.7 Å². The Kier molecular flexibility index (Phi) is 5.18. The van der Waals surface area contributed by atoms with Gasteiger partial charge < -0.3 is 29.4 Å². The predicted molar refractivity (Wildman–Crippen MR) is 106 cm³/mol. The second kappa shape index (κ2) is 7.74. The van der Waals surface area contributed by atoms with Gasteiger partial charge in [-0.1, -0.05) is 0 Å². The van der Waals surface area contributed by atoms with Crippen LogP contribution in [0.15, 0.2) is 23.0 Å². The van der Waals surface area contributed by atoms with Crippen LogP contribution in [0.25, 0.3) is 10.9 Å². The van der Waals surface area contributed by atoms with Crippen molar-refractivity contribution in [1.29, 1.82) is 0 Å². The Hall–Kier alpha value is -2.32. The van der Waals surface area contributed by atoms with Crippen LogP contribution in [-0.4, -0.2) is 47.6 Å². The molecule has 2 aliphatic heterocycles. The van der Waals surface area contributed by atoms with E-state index in [9.17, 15) is 4.79 Å². The maximum Gasteiger partial charge on any atom is 0.253 e. The number of hydrogen-bond donors (Lipinski definition) is 2. The molecule has 0 unspecified atom stereocenters. The average molecular weight is 389 g/mol. The predicted octanol–water partition coefficient (Wildman–Crippen LogP) is 2.13. The molecule has 4 rings (SSSR count). The third-order valence-electron chi connectivity index (χ3n) is 4.84. The Morgan fingerprint density at radius 2 is 2.15 bits per heavy atom. The standard InChI is InChI=1S/C19H23N3O4S/c1-2-20-19(27)22(10-14-4-3-5-24-14)9-13-6-12-7-16-17(26-11-25-16)8-15(12)21-18(13)23/h6-8,14H,2-5,9-11H2,1H3,(H,20,27)(H,21,23)/t14-/m1/s1. The van der Waals surface area contributed by atoms with Gasteiger partial charge in [-0.2, -0.15) is 0 Å². The molecule has 1 fully saturated rings. The quantitative estimate of drug-likeness (QED) is 0.759. The maximum absolute atomic E-state index is 12.6. The van der Waals surface area contributed by atoms with E-state index >= 15 is 0 Å². The number of rotatable bonds is 5. The zero-order chi connectivity index (χ0) is 18.8. The van der Waals surface area contributed by atoms with Crippen LogP contribution in [0.2, 0.25) is 0 Å². The number of nitrogens with one attached hydrogen (secondary N) is 2. The molecule has 0 radical (unpaired) electrons. The van der Waals surface area contributed by atoms with Gasteiger partial charge in [0.1, 0.15) is 0 Å². The first-order valence-corrected chi connectivity index (χ1v) is 9.65. The highest BCUT2D eigenvalue weighted by molar-refractivity contribution is 7.80. The Morgan fingerprint density at radius 1 is 1.33 bits per heavy atom. The number of aromatic amines is 1. The first-order chi connectivity index (χ1) is 13.1. The van der Waals surface area contributed by atoms with E-state index in [1.165, 1.54) is 0 Å². The largest absolute Gasteiger partial charge is 0.454 e. The van der Waals surface area contributed by atoms with Crippen molar-refractivity contribution in [3.8, 4) is 11.5 Å². The number of nitrogens with zero attached hydrogens (tertiary/aromatic N) is 1. The van der Waals surface area contributed by atoms with Crippen molar-refractivity contribution in [3.05, 3.63) is 34.1 Å². The van der Waals surface area contributed by atoms with Gasteiger partial charge in [-0.3, -0.25) is 4.79 Å². The monoisotopic (exact) mass is 389 g/mol. The summed E-state index contributed by atoms with van der Waals surface area (Å²) in [4.78, 5) is 17.6. The lowest BCUT2D eigenvalue weighted by Crippen LogP contribution is -2.43. The Balaban J connectivity index is 1.62. The van der Waals surface area contributed by atoms with Crippen molar-refractivity contribution in [2.24, 2.45) is 0 Å². The lowest BCUT2D eigenvalue weighted by atomic mass is 10.1. The fourth-order valence-corrected chi connectivity index (χ4v) is 3.76. The minimum atomic E-state index is -0.127. The molecule has 2 aromatic rings. The van der Waals surface area contributed by atoms with Crippen molar-refractivity contribution < 1.29 is 14.2 Å². The molecule has 1 atom stereocenters. The van der Waals surface area contributed by atoms with Gasteiger partial charge in [-0.05, 0) is 44.1 Å². The zero-order valence-corrected chi connectivity index (χ0v) is 16.1. The molecule has 1 aromatic heterocycles. The molecule has 7 nitrogen and oxygen atoms in total. The highest BCUT2D eigenvalue weighted by Gasteiger charge is 2.22. The number of thiocarbonyl (C=S) groups is 1. The summed E-state index contributed by atoms with van der Waals surface area (Å²) in [6.07, 6.45) is 2.23. The van der Waals surface area contributed by atoms with Crippen LogP contribution in [0.5, 0.6) is 11.5 Å². The zero-order valence-electron chi connectivity index (χ0n) is 15.2. The minimum Gasteiger partial charge on any atom is -0.454 e. The number of H-pyrrole nitrogens is 1. The molecule has 1 aromatic carbocycles. The van der Waals surface area contributed by atoms with E-state index in [0.29, 0.717) is 35.3 Å². The smallest absolute Gasteiger partial charge is 0.253 e. The summed E-state index contributed by atoms with van der Waals surface area (Å²) in [5, 5.41) is 4.72. The first-order valence-electron chi connectivity index (χ1n) is 9.24. The van der Waals surface area contributed by atoms with Crippen LogP contribution in [0.4, 0.5) is 0 Å². The number of pyridine rings is 1. The van der Waals surface area contributed by atoms with Gasteiger partial charge in [-0.15, -0.1) is 0 Å². The van der Waals surface area contributed by atoms with Crippen LogP contribution in [0.3, 0.4) is 0 Å². The van der Waals surface area contributed by atoms with Gasteiger partial charge in [0.05, 0.1) is 18.2 Å². The summed E-state index contributed by atoms with van der Waals surface area (Å²) in [5.74, 6) is 1.35. The van der Waals surface area contributed by atoms with Crippen molar-refractivity contribution in [2.45, 2.75) is 32.4 Å². The number of aromatic nitrogens is 1. The summed E-state index contributed by atoms with van der Waals surface area (Å²) in [7, 11) is 0. The van der Waals surface area contributed by atoms with Gasteiger partial charge >= 0.3 is 0 Å². The van der Waals surface area contributed by atoms with Crippen LogP contribution in [0.1, 0.15) is 25.3 Å². The van der Waals surface area contributed by atoms with Crippen LogP contribution in [-0.2, 0) is 11.3 Å². The van der Waals surface area contributed by atoms with Gasteiger partial charge in [0.15, 0.2) is 16.6 Å². The summed E-state index contributed by atoms with van der Waals surface area (Å²) in [5.41, 5.74) is 1.26. The third kappa shape index (κ3) is 3.86. The molecule has 27 heavy (non-hydrogen) atoms. The second-order valence-electron chi connectivity index (χ2n) is 6.77. The molecule has 144 valence electrons. The van der Waals surface area contributed by atoms with Crippen LogP contribution in [0, 0.1) is 0 Å². The summed E-state index contributed by atoms with van der Waals surface area (Å²) >= 11 is 5.52.